The lowest BCUT2D eigenvalue weighted by molar-refractivity contribution is -0.142. The van der Waals surface area contributed by atoms with Gasteiger partial charge in [0.25, 0.3) is 0 Å². The van der Waals surface area contributed by atoms with Crippen molar-refractivity contribution in [3.63, 3.8) is 0 Å². The molecule has 1 aromatic rings. The van der Waals surface area contributed by atoms with Gasteiger partial charge in [0.05, 0.1) is 0 Å². The predicted octanol–water partition coefficient (Wildman–Crippen LogP) is 0.918. The molecule has 1 aromatic heterocycles. The number of nitrogens with one attached hydrogen (secondary N) is 1. The molecule has 0 saturated carbocycles. The molecule has 0 bridgehead atoms. The number of aromatic nitrogens is 2. The standard InChI is InChI=1S/C14H18F3N5O2/c15-14(16,17)11-3-7-21(19-11)9-12(23)20-5-1-10(2-6-20)22-8-4-18-13(22)24/h3,7,10H,1-2,4-6,8-9H2,(H,18,24). The highest BCUT2D eigenvalue weighted by molar-refractivity contribution is 5.77. The van der Waals surface area contributed by atoms with Crippen molar-refractivity contribution in [2.75, 3.05) is 26.2 Å². The summed E-state index contributed by atoms with van der Waals surface area (Å²) in [5.74, 6) is -0.267. The summed E-state index contributed by atoms with van der Waals surface area (Å²) >= 11 is 0. The second kappa shape index (κ2) is 6.33. The molecule has 2 aliphatic rings. The van der Waals surface area contributed by atoms with Gasteiger partial charge in [-0.05, 0) is 18.9 Å². The van der Waals surface area contributed by atoms with Gasteiger partial charge in [-0.25, -0.2) is 4.79 Å². The Morgan fingerprint density at radius 2 is 2.00 bits per heavy atom. The van der Waals surface area contributed by atoms with Crippen LogP contribution in [0.4, 0.5) is 18.0 Å². The predicted molar refractivity (Wildman–Crippen MR) is 76.9 cm³/mol. The highest BCUT2D eigenvalue weighted by Crippen LogP contribution is 2.27. The van der Waals surface area contributed by atoms with Crippen LogP contribution in [-0.2, 0) is 17.5 Å². The normalized spacial score (nSPS) is 19.7. The molecule has 2 saturated heterocycles. The van der Waals surface area contributed by atoms with Crippen LogP contribution in [0.3, 0.4) is 0 Å². The fourth-order valence-electron chi connectivity index (χ4n) is 3.10. The van der Waals surface area contributed by atoms with Gasteiger partial charge < -0.3 is 15.1 Å². The molecule has 10 heteroatoms. The van der Waals surface area contributed by atoms with Gasteiger partial charge in [0.1, 0.15) is 6.54 Å². The van der Waals surface area contributed by atoms with E-state index >= 15 is 0 Å². The lowest BCUT2D eigenvalue weighted by Crippen LogP contribution is -2.48. The minimum absolute atomic E-state index is 0.0732. The number of piperidine rings is 1. The van der Waals surface area contributed by atoms with Crippen LogP contribution < -0.4 is 5.32 Å². The molecule has 0 spiro atoms. The molecule has 0 radical (unpaired) electrons. The van der Waals surface area contributed by atoms with E-state index < -0.39 is 11.9 Å². The zero-order valence-electron chi connectivity index (χ0n) is 12.9. The van der Waals surface area contributed by atoms with Crippen molar-refractivity contribution in [3.05, 3.63) is 18.0 Å². The summed E-state index contributed by atoms with van der Waals surface area (Å²) in [6.07, 6.45) is -2.01. The van der Waals surface area contributed by atoms with Crippen molar-refractivity contribution in [3.8, 4) is 0 Å². The summed E-state index contributed by atoms with van der Waals surface area (Å²) in [6, 6.07) is 0.889. The first kappa shape index (κ1) is 16.6. The molecule has 3 amide bonds. The van der Waals surface area contributed by atoms with Crippen molar-refractivity contribution in [2.24, 2.45) is 0 Å². The summed E-state index contributed by atoms with van der Waals surface area (Å²) in [5.41, 5.74) is -1.01. The number of nitrogens with zero attached hydrogens (tertiary/aromatic N) is 4. The lowest BCUT2D eigenvalue weighted by Gasteiger charge is -2.36. The molecular weight excluding hydrogens is 327 g/mol. The van der Waals surface area contributed by atoms with Gasteiger partial charge in [-0.1, -0.05) is 0 Å². The number of hydrogen-bond acceptors (Lipinski definition) is 3. The molecule has 3 rings (SSSR count). The van der Waals surface area contributed by atoms with Gasteiger partial charge in [-0.15, -0.1) is 0 Å². The quantitative estimate of drug-likeness (QED) is 0.886. The number of carbonyl (C=O) groups is 2. The molecule has 24 heavy (non-hydrogen) atoms. The maximum Gasteiger partial charge on any atom is 0.435 e. The van der Waals surface area contributed by atoms with Gasteiger partial charge in [0.15, 0.2) is 5.69 Å². The van der Waals surface area contributed by atoms with Crippen LogP contribution in [0.25, 0.3) is 0 Å². The third kappa shape index (κ3) is 3.46. The van der Waals surface area contributed by atoms with E-state index in [4.69, 9.17) is 0 Å². The number of urea groups is 1. The van der Waals surface area contributed by atoms with E-state index in [2.05, 4.69) is 10.4 Å². The van der Waals surface area contributed by atoms with Gasteiger partial charge in [-0.2, -0.15) is 18.3 Å². The van der Waals surface area contributed by atoms with Crippen LogP contribution >= 0.6 is 0 Å². The Kier molecular flexibility index (Phi) is 4.37. The topological polar surface area (TPSA) is 70.5 Å². The first-order valence-corrected chi connectivity index (χ1v) is 7.77. The highest BCUT2D eigenvalue weighted by atomic mass is 19.4. The van der Waals surface area contributed by atoms with Crippen LogP contribution in [0.15, 0.2) is 12.3 Å². The smallest absolute Gasteiger partial charge is 0.341 e. The SMILES string of the molecule is O=C(Cn1ccc(C(F)(F)F)n1)N1CCC(N2CCNC2=O)CC1. The van der Waals surface area contributed by atoms with Crippen LogP contribution in [0.2, 0.25) is 0 Å². The molecule has 132 valence electrons. The molecule has 2 fully saturated rings. The molecule has 3 heterocycles. The molecule has 2 aliphatic heterocycles. The van der Waals surface area contributed by atoms with Gasteiger partial charge in [-0.3, -0.25) is 9.48 Å². The Labute approximate surface area is 136 Å². The zero-order valence-corrected chi connectivity index (χ0v) is 12.9. The number of carbonyl (C=O) groups excluding carboxylic acids is 2. The van der Waals surface area contributed by atoms with Crippen LogP contribution in [-0.4, -0.2) is 63.7 Å². The van der Waals surface area contributed by atoms with E-state index in [-0.39, 0.29) is 24.5 Å². The van der Waals surface area contributed by atoms with E-state index in [0.717, 1.165) is 16.9 Å². The Bertz CT molecular complexity index is 622. The first-order chi connectivity index (χ1) is 11.3. The third-order valence-electron chi connectivity index (χ3n) is 4.38. The van der Waals surface area contributed by atoms with Gasteiger partial charge in [0, 0.05) is 38.4 Å². The summed E-state index contributed by atoms with van der Waals surface area (Å²) in [6.45, 7) is 2.07. The molecule has 1 N–H and O–H groups in total. The van der Waals surface area contributed by atoms with Gasteiger partial charge in [0.2, 0.25) is 5.91 Å². The fourth-order valence-corrected chi connectivity index (χ4v) is 3.10. The van der Waals surface area contributed by atoms with Gasteiger partial charge >= 0.3 is 12.2 Å². The Balaban J connectivity index is 1.52. The molecule has 0 atom stereocenters. The van der Waals surface area contributed by atoms with E-state index in [1.165, 1.54) is 0 Å². The van der Waals surface area contributed by atoms with Crippen LogP contribution in [0.5, 0.6) is 0 Å². The molecule has 7 nitrogen and oxygen atoms in total. The number of rotatable bonds is 3. The first-order valence-electron chi connectivity index (χ1n) is 7.77. The number of alkyl halides is 3. The van der Waals surface area contributed by atoms with Crippen molar-refractivity contribution < 1.29 is 22.8 Å². The molecular formula is C14H18F3N5O2. The maximum atomic E-state index is 12.5. The van der Waals surface area contributed by atoms with E-state index in [0.29, 0.717) is 39.0 Å². The average Bonchev–Trinajstić information content (AvgIpc) is 3.16. The number of likely N-dealkylation sites (tertiary alicyclic amines) is 1. The van der Waals surface area contributed by atoms with E-state index in [9.17, 15) is 22.8 Å². The summed E-state index contributed by atoms with van der Waals surface area (Å²) in [5, 5.41) is 6.14. The number of amides is 3. The van der Waals surface area contributed by atoms with Crippen molar-refractivity contribution in [1.29, 1.82) is 0 Å². The highest BCUT2D eigenvalue weighted by Gasteiger charge is 2.34. The average molecular weight is 345 g/mol. The Morgan fingerprint density at radius 3 is 2.54 bits per heavy atom. The Hall–Kier alpha value is -2.26. The monoisotopic (exact) mass is 345 g/mol. The summed E-state index contributed by atoms with van der Waals surface area (Å²) < 4.78 is 38.5. The van der Waals surface area contributed by atoms with E-state index in [1.54, 1.807) is 9.80 Å². The zero-order chi connectivity index (χ0) is 17.3. The van der Waals surface area contributed by atoms with Crippen molar-refractivity contribution >= 4 is 11.9 Å². The fraction of sp³-hybridized carbons (Fsp3) is 0.643. The number of halogens is 3. The number of hydrogen-bond donors (Lipinski definition) is 1. The molecule has 0 aliphatic carbocycles. The van der Waals surface area contributed by atoms with Crippen LogP contribution in [0.1, 0.15) is 18.5 Å². The lowest BCUT2D eigenvalue weighted by atomic mass is 10.0. The minimum atomic E-state index is -4.51. The van der Waals surface area contributed by atoms with E-state index in [1.807, 2.05) is 0 Å². The Morgan fingerprint density at radius 1 is 1.29 bits per heavy atom. The largest absolute Gasteiger partial charge is 0.435 e. The third-order valence-corrected chi connectivity index (χ3v) is 4.38. The molecule has 0 aromatic carbocycles. The van der Waals surface area contributed by atoms with Crippen molar-refractivity contribution in [1.82, 2.24) is 24.9 Å². The second-order valence-electron chi connectivity index (χ2n) is 5.93. The summed E-state index contributed by atoms with van der Waals surface area (Å²) in [7, 11) is 0. The van der Waals surface area contributed by atoms with Crippen molar-refractivity contribution in [2.45, 2.75) is 31.6 Å². The molecule has 0 unspecified atom stereocenters. The van der Waals surface area contributed by atoms with Crippen LogP contribution in [0, 0.1) is 0 Å². The second-order valence-corrected chi connectivity index (χ2v) is 5.93. The maximum absolute atomic E-state index is 12.5. The minimum Gasteiger partial charge on any atom is -0.341 e. The summed E-state index contributed by atoms with van der Waals surface area (Å²) in [4.78, 5) is 27.2.